The van der Waals surface area contributed by atoms with Crippen LogP contribution in [0, 0.1) is 0 Å². The summed E-state index contributed by atoms with van der Waals surface area (Å²) in [6.07, 6.45) is -15.0. The molecule has 2 heterocycles. The zero-order chi connectivity index (χ0) is 18.2. The van der Waals surface area contributed by atoms with Gasteiger partial charge in [-0.15, -0.1) is 0 Å². The van der Waals surface area contributed by atoms with Gasteiger partial charge in [0, 0.05) is 0 Å². The first-order valence-electron chi connectivity index (χ1n) is 7.15. The van der Waals surface area contributed by atoms with Crippen molar-refractivity contribution in [3.63, 3.8) is 0 Å². The van der Waals surface area contributed by atoms with Gasteiger partial charge in [0.2, 0.25) is 0 Å². The standard InChI is InChI=1S/C12H21NO11/c13-3-5(16)4(15)2(1-14)22-12(3)24-8-6(17)7(18)11(21)23-9(8)10(19)20/h2-9,11-12,14-18,21H,1,13H2,(H,19,20)/t2-,3-,4-,5-,6-,7-,8+,9-,11?,12-/m1/s1. The molecule has 0 aromatic carbocycles. The number of hydrogen-bond donors (Lipinski definition) is 8. The Morgan fingerprint density at radius 2 is 1.62 bits per heavy atom. The van der Waals surface area contributed by atoms with E-state index in [9.17, 15) is 30.3 Å². The molecule has 0 aromatic rings. The van der Waals surface area contributed by atoms with Crippen LogP contribution < -0.4 is 5.73 Å². The maximum Gasteiger partial charge on any atom is 0.335 e. The molecule has 0 bridgehead atoms. The molecule has 9 N–H and O–H groups in total. The molecular weight excluding hydrogens is 334 g/mol. The van der Waals surface area contributed by atoms with Crippen molar-refractivity contribution in [2.75, 3.05) is 6.61 Å². The maximum absolute atomic E-state index is 11.2. The Balaban J connectivity index is 2.18. The van der Waals surface area contributed by atoms with E-state index >= 15 is 0 Å². The van der Waals surface area contributed by atoms with Gasteiger partial charge in [-0.2, -0.15) is 0 Å². The normalized spacial score (nSPS) is 49.8. The Labute approximate surface area is 135 Å². The molecule has 0 amide bonds. The van der Waals surface area contributed by atoms with Gasteiger partial charge in [-0.3, -0.25) is 0 Å². The summed E-state index contributed by atoms with van der Waals surface area (Å²) in [5.74, 6) is -1.59. The summed E-state index contributed by atoms with van der Waals surface area (Å²) in [6.45, 7) is -0.682. The van der Waals surface area contributed by atoms with Crippen molar-refractivity contribution in [1.29, 1.82) is 0 Å². The number of aliphatic hydroxyl groups excluding tert-OH is 6. The van der Waals surface area contributed by atoms with Crippen molar-refractivity contribution in [3.8, 4) is 0 Å². The minimum atomic E-state index is -1.94. The predicted molar refractivity (Wildman–Crippen MR) is 71.1 cm³/mol. The van der Waals surface area contributed by atoms with Crippen LogP contribution in [0.2, 0.25) is 0 Å². The highest BCUT2D eigenvalue weighted by atomic mass is 16.7. The molecule has 0 spiro atoms. The summed E-state index contributed by atoms with van der Waals surface area (Å²) >= 11 is 0. The van der Waals surface area contributed by atoms with Gasteiger partial charge in [-0.05, 0) is 0 Å². The Morgan fingerprint density at radius 3 is 2.17 bits per heavy atom. The molecule has 2 aliphatic rings. The number of carboxylic acids is 1. The lowest BCUT2D eigenvalue weighted by molar-refractivity contribution is -0.333. The molecule has 10 atom stereocenters. The SMILES string of the molecule is N[C@H]1[C@@H](O[C@H]2[C@H](O)[C@@H](O)C(O)O[C@H]2C(=O)O)O[C@H](CO)[C@@H](O)[C@@H]1O. The molecule has 0 saturated carbocycles. The molecule has 1 unspecified atom stereocenters. The molecule has 0 aliphatic carbocycles. The van der Waals surface area contributed by atoms with Gasteiger partial charge in [-0.1, -0.05) is 0 Å². The predicted octanol–water partition coefficient (Wildman–Crippen LogP) is -5.34. The number of nitrogens with two attached hydrogens (primary N) is 1. The van der Waals surface area contributed by atoms with Gasteiger partial charge in [-0.25, -0.2) is 4.79 Å². The lowest BCUT2D eigenvalue weighted by Gasteiger charge is -2.45. The highest BCUT2D eigenvalue weighted by Gasteiger charge is 2.51. The van der Waals surface area contributed by atoms with Crippen LogP contribution in [0.15, 0.2) is 0 Å². The molecule has 2 aliphatic heterocycles. The van der Waals surface area contributed by atoms with Crippen LogP contribution in [0.4, 0.5) is 0 Å². The molecule has 2 saturated heterocycles. The van der Waals surface area contributed by atoms with Gasteiger partial charge in [0.05, 0.1) is 12.6 Å². The average Bonchev–Trinajstić information content (AvgIpc) is 2.54. The Hall–Kier alpha value is -0.930. The zero-order valence-electron chi connectivity index (χ0n) is 12.3. The minimum Gasteiger partial charge on any atom is -0.479 e. The fourth-order valence-electron chi connectivity index (χ4n) is 2.58. The third-order valence-electron chi connectivity index (χ3n) is 4.03. The number of carbonyl (C=O) groups is 1. The number of aliphatic hydroxyl groups is 6. The van der Waals surface area contributed by atoms with Crippen LogP contribution in [-0.4, -0.2) is 110 Å². The van der Waals surface area contributed by atoms with E-state index in [1.165, 1.54) is 0 Å². The van der Waals surface area contributed by atoms with Crippen molar-refractivity contribution >= 4 is 5.97 Å². The first kappa shape index (κ1) is 19.4. The number of carboxylic acid groups (broad SMARTS) is 1. The van der Waals surface area contributed by atoms with Crippen LogP contribution in [-0.2, 0) is 19.0 Å². The molecule has 24 heavy (non-hydrogen) atoms. The van der Waals surface area contributed by atoms with Gasteiger partial charge >= 0.3 is 5.97 Å². The van der Waals surface area contributed by atoms with E-state index < -0.39 is 73.9 Å². The van der Waals surface area contributed by atoms with E-state index in [0.29, 0.717) is 0 Å². The molecule has 140 valence electrons. The average molecular weight is 355 g/mol. The van der Waals surface area contributed by atoms with Gasteiger partial charge in [0.25, 0.3) is 0 Å². The summed E-state index contributed by atoms with van der Waals surface area (Å²) in [5.41, 5.74) is 5.65. The summed E-state index contributed by atoms with van der Waals surface area (Å²) in [7, 11) is 0. The zero-order valence-corrected chi connectivity index (χ0v) is 12.3. The highest BCUT2D eigenvalue weighted by Crippen LogP contribution is 2.28. The molecule has 0 radical (unpaired) electrons. The summed E-state index contributed by atoms with van der Waals surface area (Å²) < 4.78 is 15.1. The summed E-state index contributed by atoms with van der Waals surface area (Å²) in [4.78, 5) is 11.2. The quantitative estimate of drug-likeness (QED) is 0.237. The fraction of sp³-hybridized carbons (Fsp3) is 0.917. The van der Waals surface area contributed by atoms with Gasteiger partial charge in [0.15, 0.2) is 18.7 Å². The van der Waals surface area contributed by atoms with Gasteiger partial charge in [0.1, 0.15) is 36.6 Å². The topological polar surface area (TPSA) is 212 Å². The van der Waals surface area contributed by atoms with Crippen molar-refractivity contribution in [2.24, 2.45) is 5.73 Å². The number of aliphatic carboxylic acids is 1. The van der Waals surface area contributed by atoms with E-state index in [-0.39, 0.29) is 0 Å². The van der Waals surface area contributed by atoms with Crippen molar-refractivity contribution in [2.45, 2.75) is 61.3 Å². The fourth-order valence-corrected chi connectivity index (χ4v) is 2.58. The molecule has 12 nitrogen and oxygen atoms in total. The van der Waals surface area contributed by atoms with Gasteiger partial charge < -0.3 is 55.7 Å². The second kappa shape index (κ2) is 7.53. The van der Waals surface area contributed by atoms with E-state index in [1.807, 2.05) is 0 Å². The third-order valence-corrected chi connectivity index (χ3v) is 4.03. The second-order valence-electron chi connectivity index (χ2n) is 5.65. The smallest absolute Gasteiger partial charge is 0.335 e. The van der Waals surface area contributed by atoms with Crippen molar-refractivity contribution in [1.82, 2.24) is 0 Å². The Morgan fingerprint density at radius 1 is 1.00 bits per heavy atom. The Bertz CT molecular complexity index is 449. The number of rotatable bonds is 4. The van der Waals surface area contributed by atoms with E-state index in [2.05, 4.69) is 4.74 Å². The third kappa shape index (κ3) is 3.52. The lowest BCUT2D eigenvalue weighted by atomic mass is 9.96. The largest absolute Gasteiger partial charge is 0.479 e. The summed E-state index contributed by atoms with van der Waals surface area (Å²) in [5, 5.41) is 66.7. The highest BCUT2D eigenvalue weighted by molar-refractivity contribution is 5.73. The van der Waals surface area contributed by atoms with E-state index in [0.717, 1.165) is 0 Å². The van der Waals surface area contributed by atoms with E-state index in [1.54, 1.807) is 0 Å². The van der Waals surface area contributed by atoms with Crippen LogP contribution in [0.25, 0.3) is 0 Å². The Kier molecular flexibility index (Phi) is 6.09. The first-order chi connectivity index (χ1) is 11.2. The molecule has 2 rings (SSSR count). The van der Waals surface area contributed by atoms with Crippen LogP contribution in [0.3, 0.4) is 0 Å². The summed E-state index contributed by atoms with van der Waals surface area (Å²) in [6, 6.07) is -1.34. The second-order valence-corrected chi connectivity index (χ2v) is 5.65. The monoisotopic (exact) mass is 355 g/mol. The van der Waals surface area contributed by atoms with Crippen molar-refractivity contribution in [3.05, 3.63) is 0 Å². The molecule has 12 heteroatoms. The first-order valence-corrected chi connectivity index (χ1v) is 7.15. The number of ether oxygens (including phenoxy) is 3. The number of hydrogen-bond acceptors (Lipinski definition) is 11. The molecule has 0 aromatic heterocycles. The lowest BCUT2D eigenvalue weighted by Crippen LogP contribution is -2.66. The molecule has 2 fully saturated rings. The van der Waals surface area contributed by atoms with Crippen LogP contribution >= 0.6 is 0 Å². The minimum absolute atomic E-state index is 0.682. The van der Waals surface area contributed by atoms with E-state index in [4.69, 9.17) is 25.4 Å². The molecular formula is C12H21NO11. The van der Waals surface area contributed by atoms with Crippen LogP contribution in [0.5, 0.6) is 0 Å². The maximum atomic E-state index is 11.2. The van der Waals surface area contributed by atoms with Crippen molar-refractivity contribution < 1.29 is 54.8 Å². The van der Waals surface area contributed by atoms with Crippen LogP contribution in [0.1, 0.15) is 0 Å².